The predicted octanol–water partition coefficient (Wildman–Crippen LogP) is 3.10. The van der Waals surface area contributed by atoms with E-state index in [0.717, 1.165) is 6.42 Å². The highest BCUT2D eigenvalue weighted by molar-refractivity contribution is 7.89. The molecule has 0 aliphatic carbocycles. The predicted molar refractivity (Wildman–Crippen MR) is 120 cm³/mol. The largest absolute Gasteiger partial charge is 0.490 e. The van der Waals surface area contributed by atoms with Crippen LogP contribution in [-0.4, -0.2) is 49.9 Å². The molecule has 0 bridgehead atoms. The summed E-state index contributed by atoms with van der Waals surface area (Å²) in [7, 11) is -3.75. The summed E-state index contributed by atoms with van der Waals surface area (Å²) in [5.41, 5.74) is 0.700. The second kappa shape index (κ2) is 9.36. The van der Waals surface area contributed by atoms with Crippen molar-refractivity contribution in [1.29, 1.82) is 0 Å². The highest BCUT2D eigenvalue weighted by Gasteiger charge is 2.33. The first-order valence-corrected chi connectivity index (χ1v) is 12.2. The van der Waals surface area contributed by atoms with Crippen LogP contribution in [-0.2, 0) is 14.8 Å². The molecule has 0 unspecified atom stereocenters. The number of fused-ring (bicyclic) bond motifs is 1. The number of carbonyl (C=O) groups excluding carboxylic acids is 1. The number of benzene rings is 2. The quantitative estimate of drug-likeness (QED) is 0.520. The van der Waals surface area contributed by atoms with Gasteiger partial charge >= 0.3 is 0 Å². The molecule has 11 heteroatoms. The minimum absolute atomic E-state index is 0.0659. The normalized spacial score (nSPS) is 17.2. The fourth-order valence-corrected chi connectivity index (χ4v) is 5.49. The van der Waals surface area contributed by atoms with Gasteiger partial charge < -0.3 is 14.8 Å². The molecule has 1 saturated heterocycles. The van der Waals surface area contributed by atoms with E-state index in [4.69, 9.17) is 9.47 Å². The highest BCUT2D eigenvalue weighted by Crippen LogP contribution is 2.34. The Morgan fingerprint density at radius 3 is 2.52 bits per heavy atom. The van der Waals surface area contributed by atoms with Gasteiger partial charge in [0.05, 0.1) is 34.3 Å². The van der Waals surface area contributed by atoms with Gasteiger partial charge in [-0.3, -0.25) is 14.9 Å². The summed E-state index contributed by atoms with van der Waals surface area (Å²) < 4.78 is 38.8. The van der Waals surface area contributed by atoms with E-state index < -0.39 is 14.9 Å². The number of hydrogen-bond donors (Lipinski definition) is 1. The van der Waals surface area contributed by atoms with Crippen molar-refractivity contribution in [2.24, 2.45) is 5.92 Å². The van der Waals surface area contributed by atoms with Crippen LogP contribution in [0, 0.1) is 23.0 Å². The van der Waals surface area contributed by atoms with E-state index >= 15 is 0 Å². The number of rotatable bonds is 5. The maximum Gasteiger partial charge on any atom is 0.274 e. The van der Waals surface area contributed by atoms with Crippen LogP contribution < -0.4 is 14.8 Å². The molecule has 0 saturated carbocycles. The Bertz CT molecular complexity index is 1170. The Kier molecular flexibility index (Phi) is 6.52. The van der Waals surface area contributed by atoms with Crippen LogP contribution >= 0.6 is 0 Å². The van der Waals surface area contributed by atoms with Gasteiger partial charge in [-0.2, -0.15) is 4.31 Å². The molecule has 1 N–H and O–H groups in total. The number of nitrogens with one attached hydrogen (secondary N) is 1. The van der Waals surface area contributed by atoms with E-state index in [1.165, 1.54) is 28.6 Å². The van der Waals surface area contributed by atoms with Gasteiger partial charge in [0.25, 0.3) is 5.69 Å². The molecule has 2 heterocycles. The minimum Gasteiger partial charge on any atom is -0.490 e. The van der Waals surface area contributed by atoms with Crippen LogP contribution in [0.3, 0.4) is 0 Å². The van der Waals surface area contributed by atoms with Gasteiger partial charge in [0.15, 0.2) is 11.5 Å². The minimum atomic E-state index is -3.75. The van der Waals surface area contributed by atoms with Gasteiger partial charge in [0, 0.05) is 37.6 Å². The Morgan fingerprint density at radius 2 is 1.82 bits per heavy atom. The zero-order valence-corrected chi connectivity index (χ0v) is 19.0. The molecule has 0 aromatic heterocycles. The van der Waals surface area contributed by atoms with Crippen LogP contribution in [0.25, 0.3) is 0 Å². The molecule has 1 fully saturated rings. The third-order valence-electron chi connectivity index (χ3n) is 5.94. The lowest BCUT2D eigenvalue weighted by Crippen LogP contribution is -2.41. The standard InChI is InChI=1S/C22H25N3O7S/c1-15-18(4-2-5-19(15)25(27)28)23-22(26)16-8-10-24(11-9-16)33(29,30)17-6-7-20-21(14-17)32-13-3-12-31-20/h2,4-7,14,16H,3,8-13H2,1H3,(H,23,26). The Labute approximate surface area is 191 Å². The van der Waals surface area contributed by atoms with Crippen molar-refractivity contribution in [2.75, 3.05) is 31.6 Å². The van der Waals surface area contributed by atoms with Gasteiger partial charge in [-0.05, 0) is 38.0 Å². The van der Waals surface area contributed by atoms with E-state index in [1.807, 2.05) is 0 Å². The maximum atomic E-state index is 13.1. The summed E-state index contributed by atoms with van der Waals surface area (Å²) in [6.45, 7) is 2.95. The summed E-state index contributed by atoms with van der Waals surface area (Å²) in [5, 5.41) is 13.9. The van der Waals surface area contributed by atoms with Crippen molar-refractivity contribution in [3.05, 3.63) is 52.1 Å². The number of nitro benzene ring substituents is 1. The molecule has 176 valence electrons. The molecule has 2 aliphatic rings. The van der Waals surface area contributed by atoms with Crippen molar-refractivity contribution in [3.8, 4) is 11.5 Å². The summed E-state index contributed by atoms with van der Waals surface area (Å²) in [5.74, 6) is 0.276. The van der Waals surface area contributed by atoms with Crippen LogP contribution in [0.5, 0.6) is 11.5 Å². The van der Waals surface area contributed by atoms with Crippen molar-refractivity contribution >= 4 is 27.3 Å². The molecular weight excluding hydrogens is 450 g/mol. The molecule has 0 radical (unpaired) electrons. The first-order valence-electron chi connectivity index (χ1n) is 10.7. The third-order valence-corrected chi connectivity index (χ3v) is 7.84. The number of hydrogen-bond acceptors (Lipinski definition) is 7. The molecule has 2 aliphatic heterocycles. The second-order valence-corrected chi connectivity index (χ2v) is 9.97. The summed E-state index contributed by atoms with van der Waals surface area (Å²) in [6.07, 6.45) is 1.43. The van der Waals surface area contributed by atoms with Crippen LogP contribution in [0.2, 0.25) is 0 Å². The molecule has 1 amide bonds. The van der Waals surface area contributed by atoms with Gasteiger partial charge in [0.1, 0.15) is 0 Å². The monoisotopic (exact) mass is 475 g/mol. The van der Waals surface area contributed by atoms with E-state index in [0.29, 0.717) is 48.8 Å². The lowest BCUT2D eigenvalue weighted by Gasteiger charge is -2.30. The number of amides is 1. The van der Waals surface area contributed by atoms with Crippen LogP contribution in [0.4, 0.5) is 11.4 Å². The summed E-state index contributed by atoms with van der Waals surface area (Å²) in [4.78, 5) is 23.5. The fraction of sp³-hybridized carbons (Fsp3) is 0.409. The zero-order chi connectivity index (χ0) is 23.6. The fourth-order valence-electron chi connectivity index (χ4n) is 4.00. The molecule has 4 rings (SSSR count). The van der Waals surface area contributed by atoms with E-state index in [9.17, 15) is 23.3 Å². The molecule has 2 aromatic rings. The van der Waals surface area contributed by atoms with Crippen molar-refractivity contribution in [2.45, 2.75) is 31.1 Å². The van der Waals surface area contributed by atoms with Crippen molar-refractivity contribution in [3.63, 3.8) is 0 Å². The average Bonchev–Trinajstić information content (AvgIpc) is 3.05. The van der Waals surface area contributed by atoms with Gasteiger partial charge in [0.2, 0.25) is 15.9 Å². The second-order valence-electron chi connectivity index (χ2n) is 8.03. The first-order chi connectivity index (χ1) is 15.8. The molecule has 10 nitrogen and oxygen atoms in total. The molecule has 0 spiro atoms. The van der Waals surface area contributed by atoms with Gasteiger partial charge in [-0.1, -0.05) is 6.07 Å². The molecule has 33 heavy (non-hydrogen) atoms. The number of anilines is 1. The lowest BCUT2D eigenvalue weighted by atomic mass is 9.97. The Balaban J connectivity index is 1.41. The number of ether oxygens (including phenoxy) is 2. The average molecular weight is 476 g/mol. The number of nitro groups is 1. The highest BCUT2D eigenvalue weighted by atomic mass is 32.2. The summed E-state index contributed by atoms with van der Waals surface area (Å²) >= 11 is 0. The Morgan fingerprint density at radius 1 is 1.12 bits per heavy atom. The van der Waals surface area contributed by atoms with Crippen LogP contribution in [0.15, 0.2) is 41.3 Å². The van der Waals surface area contributed by atoms with Gasteiger partial charge in [-0.15, -0.1) is 0 Å². The molecular formula is C22H25N3O7S. The van der Waals surface area contributed by atoms with E-state index in [1.54, 1.807) is 19.1 Å². The number of carbonyl (C=O) groups is 1. The zero-order valence-electron chi connectivity index (χ0n) is 18.2. The Hall–Kier alpha value is -3.18. The lowest BCUT2D eigenvalue weighted by molar-refractivity contribution is -0.385. The van der Waals surface area contributed by atoms with Gasteiger partial charge in [-0.25, -0.2) is 8.42 Å². The van der Waals surface area contributed by atoms with E-state index in [-0.39, 0.29) is 35.5 Å². The SMILES string of the molecule is Cc1c(NC(=O)C2CCN(S(=O)(=O)c3ccc4c(c3)OCCCO4)CC2)cccc1[N+](=O)[O-]. The summed E-state index contributed by atoms with van der Waals surface area (Å²) in [6, 6.07) is 9.12. The van der Waals surface area contributed by atoms with Crippen molar-refractivity contribution < 1.29 is 27.6 Å². The number of nitrogens with zero attached hydrogens (tertiary/aromatic N) is 2. The van der Waals surface area contributed by atoms with Crippen LogP contribution in [0.1, 0.15) is 24.8 Å². The first kappa shape index (κ1) is 23.0. The van der Waals surface area contributed by atoms with E-state index in [2.05, 4.69) is 5.32 Å². The smallest absolute Gasteiger partial charge is 0.274 e. The topological polar surface area (TPSA) is 128 Å². The number of piperidine rings is 1. The van der Waals surface area contributed by atoms with Crippen molar-refractivity contribution in [1.82, 2.24) is 4.31 Å². The number of sulfonamides is 1. The molecule has 2 aromatic carbocycles. The maximum absolute atomic E-state index is 13.1. The third kappa shape index (κ3) is 4.79. The molecule has 0 atom stereocenters.